The first-order valence-electron chi connectivity index (χ1n) is 14.9. The third-order valence-electron chi connectivity index (χ3n) is 7.80. The van der Waals surface area contributed by atoms with Gasteiger partial charge in [-0.3, -0.25) is 14.2 Å². The van der Waals surface area contributed by atoms with Gasteiger partial charge in [0.2, 0.25) is 11.7 Å². The van der Waals surface area contributed by atoms with E-state index >= 15 is 0 Å². The molecule has 0 aliphatic carbocycles. The van der Waals surface area contributed by atoms with Crippen molar-refractivity contribution in [1.29, 1.82) is 0 Å². The average Bonchev–Trinajstić information content (AvgIpc) is 3.74. The molecule has 9 nitrogen and oxygen atoms in total. The van der Waals surface area contributed by atoms with E-state index < -0.39 is 41.0 Å². The number of rotatable bonds is 10. The normalized spacial score (nSPS) is 15.5. The van der Waals surface area contributed by atoms with E-state index in [-0.39, 0.29) is 38.0 Å². The average molecular weight is 696 g/mol. The van der Waals surface area contributed by atoms with Gasteiger partial charge in [0.15, 0.2) is 10.9 Å². The molecule has 1 fully saturated rings. The van der Waals surface area contributed by atoms with Crippen molar-refractivity contribution < 1.29 is 45.1 Å². The van der Waals surface area contributed by atoms with Crippen molar-refractivity contribution in [2.75, 3.05) is 32.5 Å². The van der Waals surface area contributed by atoms with Crippen molar-refractivity contribution in [2.24, 2.45) is 0 Å². The fraction of sp³-hybridized carbons (Fsp3) is 0.375. The number of methoxy groups -OCH3 is 1. The molecule has 256 valence electrons. The molecule has 5 rings (SSSR count). The summed E-state index contributed by atoms with van der Waals surface area (Å²) < 4.78 is 92.5. The monoisotopic (exact) mass is 695 g/mol. The number of thioether (sulfide) groups is 1. The minimum atomic E-state index is -5.07. The van der Waals surface area contributed by atoms with E-state index in [1.165, 1.54) is 16.7 Å². The number of nitrogens with zero attached hydrogens (tertiary/aromatic N) is 5. The Morgan fingerprint density at radius 2 is 1.65 bits per heavy atom. The van der Waals surface area contributed by atoms with E-state index in [1.807, 2.05) is 28.8 Å². The molecule has 4 aromatic rings. The number of halogens is 6. The van der Waals surface area contributed by atoms with Gasteiger partial charge in [-0.05, 0) is 74.4 Å². The van der Waals surface area contributed by atoms with Gasteiger partial charge in [0, 0.05) is 43.4 Å². The van der Waals surface area contributed by atoms with Crippen molar-refractivity contribution in [3.8, 4) is 23.0 Å². The summed E-state index contributed by atoms with van der Waals surface area (Å²) in [7, 11) is 1.58. The van der Waals surface area contributed by atoms with Gasteiger partial charge < -0.3 is 19.0 Å². The molecular weight excluding hydrogens is 664 g/mol. The second kappa shape index (κ2) is 14.3. The van der Waals surface area contributed by atoms with Crippen LogP contribution < -0.4 is 4.74 Å². The van der Waals surface area contributed by atoms with E-state index in [9.17, 15) is 35.9 Å². The van der Waals surface area contributed by atoms with E-state index in [0.717, 1.165) is 5.69 Å². The standard InChI is InChI=1S/C32H31F6N5O4S/c1-20-19-41(12-13-42(20)29(45)21-16-22(31(33,34)35)18-23(17-21)32(36,37)38)27(44)7-3-4-15-48-30-40-39-28(26-6-5-14-47-26)43(30)24-8-10-25(46-2)11-9-24/h5-6,8-11,14,16-18,20H,3-4,7,12-13,15,19H2,1-2H3. The SMILES string of the molecule is COc1ccc(-n2c(SCCCCC(=O)N3CCN(C(=O)c4cc(C(F)(F)F)cc(C(F)(F)F)c4)C(C)C3)nnc2-c2ccco2)cc1. The fourth-order valence-corrected chi connectivity index (χ4v) is 6.27. The highest BCUT2D eigenvalue weighted by atomic mass is 32.2. The molecule has 0 N–H and O–H groups in total. The summed E-state index contributed by atoms with van der Waals surface area (Å²) in [4.78, 5) is 28.8. The maximum Gasteiger partial charge on any atom is 0.416 e. The first-order chi connectivity index (χ1) is 22.8. The van der Waals surface area contributed by atoms with Gasteiger partial charge in [-0.25, -0.2) is 0 Å². The number of unbranched alkanes of at least 4 members (excludes halogenated alkanes) is 1. The zero-order valence-corrected chi connectivity index (χ0v) is 26.7. The van der Waals surface area contributed by atoms with Crippen molar-refractivity contribution in [1.82, 2.24) is 24.6 Å². The lowest BCUT2D eigenvalue weighted by molar-refractivity contribution is -0.143. The van der Waals surface area contributed by atoms with Crippen molar-refractivity contribution >= 4 is 23.6 Å². The molecule has 0 radical (unpaired) electrons. The number of carbonyl (C=O) groups is 2. The summed E-state index contributed by atoms with van der Waals surface area (Å²) in [6.07, 6.45) is -7.12. The Balaban J connectivity index is 1.15. The molecule has 0 saturated carbocycles. The molecule has 3 heterocycles. The number of benzene rings is 2. The zero-order valence-electron chi connectivity index (χ0n) is 25.8. The number of carbonyl (C=O) groups excluding carboxylic acids is 2. The van der Waals surface area contributed by atoms with Crippen molar-refractivity contribution in [3.63, 3.8) is 0 Å². The second-order valence-electron chi connectivity index (χ2n) is 11.1. The quantitative estimate of drug-likeness (QED) is 0.0984. The van der Waals surface area contributed by atoms with Crippen LogP contribution in [0.2, 0.25) is 0 Å². The Hall–Kier alpha value is -4.47. The van der Waals surface area contributed by atoms with Gasteiger partial charge in [-0.1, -0.05) is 11.8 Å². The number of hydrogen-bond acceptors (Lipinski definition) is 7. The molecule has 2 aromatic heterocycles. The summed E-state index contributed by atoms with van der Waals surface area (Å²) >= 11 is 1.47. The predicted octanol–water partition coefficient (Wildman–Crippen LogP) is 7.21. The van der Waals surface area contributed by atoms with Crippen LogP contribution in [0, 0.1) is 0 Å². The topological polar surface area (TPSA) is 93.7 Å². The number of furan rings is 1. The molecular formula is C32H31F6N5O4S. The van der Waals surface area contributed by atoms with Gasteiger partial charge >= 0.3 is 12.4 Å². The van der Waals surface area contributed by atoms with Crippen LogP contribution in [0.5, 0.6) is 5.75 Å². The van der Waals surface area contributed by atoms with Crippen LogP contribution in [0.1, 0.15) is 47.7 Å². The minimum absolute atomic E-state index is 0.0144. The number of amides is 2. The Kier molecular flexibility index (Phi) is 10.4. The summed E-state index contributed by atoms with van der Waals surface area (Å²) in [5.41, 5.74) is -3.01. The molecule has 1 aliphatic heterocycles. The van der Waals surface area contributed by atoms with E-state index in [0.29, 0.717) is 53.2 Å². The van der Waals surface area contributed by atoms with Crippen LogP contribution in [0.25, 0.3) is 17.3 Å². The Bertz CT molecular complexity index is 1690. The molecule has 0 spiro atoms. The molecule has 2 amide bonds. The molecule has 16 heteroatoms. The maximum absolute atomic E-state index is 13.3. The van der Waals surface area contributed by atoms with Crippen LogP contribution in [0.3, 0.4) is 0 Å². The van der Waals surface area contributed by atoms with Gasteiger partial charge in [0.25, 0.3) is 5.91 Å². The van der Waals surface area contributed by atoms with Crippen LogP contribution in [0.15, 0.2) is 70.4 Å². The lowest BCUT2D eigenvalue weighted by atomic mass is 10.0. The predicted molar refractivity (Wildman–Crippen MR) is 164 cm³/mol. The molecule has 1 aliphatic rings. The molecule has 0 bridgehead atoms. The molecule has 2 aromatic carbocycles. The van der Waals surface area contributed by atoms with Crippen molar-refractivity contribution in [3.05, 3.63) is 77.6 Å². The molecule has 48 heavy (non-hydrogen) atoms. The van der Waals surface area contributed by atoms with E-state index in [1.54, 1.807) is 37.3 Å². The van der Waals surface area contributed by atoms with E-state index in [2.05, 4.69) is 10.2 Å². The summed E-state index contributed by atoms with van der Waals surface area (Å²) in [5, 5.41) is 9.30. The third-order valence-corrected chi connectivity index (χ3v) is 8.81. The van der Waals surface area contributed by atoms with Gasteiger partial charge in [0.1, 0.15) is 5.75 Å². The fourth-order valence-electron chi connectivity index (χ4n) is 5.32. The van der Waals surface area contributed by atoms with Crippen LogP contribution >= 0.6 is 11.8 Å². The number of aromatic nitrogens is 3. The molecule has 1 unspecified atom stereocenters. The largest absolute Gasteiger partial charge is 0.497 e. The lowest BCUT2D eigenvalue weighted by Crippen LogP contribution is -2.55. The smallest absolute Gasteiger partial charge is 0.416 e. The summed E-state index contributed by atoms with van der Waals surface area (Å²) in [6, 6.07) is 11.2. The highest BCUT2D eigenvalue weighted by Crippen LogP contribution is 2.37. The maximum atomic E-state index is 13.3. The number of alkyl halides is 6. The van der Waals surface area contributed by atoms with E-state index in [4.69, 9.17) is 9.15 Å². The summed E-state index contributed by atoms with van der Waals surface area (Å²) in [5.74, 6) is 1.30. The first kappa shape index (κ1) is 34.9. The van der Waals surface area contributed by atoms with Gasteiger partial charge in [0.05, 0.1) is 30.2 Å². The van der Waals surface area contributed by atoms with Crippen LogP contribution in [-0.4, -0.2) is 74.9 Å². The lowest BCUT2D eigenvalue weighted by Gasteiger charge is -2.40. The highest BCUT2D eigenvalue weighted by Gasteiger charge is 2.39. The van der Waals surface area contributed by atoms with Crippen LogP contribution in [0.4, 0.5) is 26.3 Å². The Morgan fingerprint density at radius 3 is 2.23 bits per heavy atom. The molecule has 1 saturated heterocycles. The minimum Gasteiger partial charge on any atom is -0.497 e. The molecule has 1 atom stereocenters. The number of ether oxygens (including phenoxy) is 1. The number of piperazine rings is 1. The van der Waals surface area contributed by atoms with Gasteiger partial charge in [-0.2, -0.15) is 26.3 Å². The Morgan fingerprint density at radius 1 is 0.958 bits per heavy atom. The zero-order chi connectivity index (χ0) is 34.6. The number of hydrogen-bond donors (Lipinski definition) is 0. The summed E-state index contributed by atoms with van der Waals surface area (Å²) in [6.45, 7) is 1.78. The van der Waals surface area contributed by atoms with Crippen LogP contribution in [-0.2, 0) is 17.1 Å². The third kappa shape index (κ3) is 7.97. The van der Waals surface area contributed by atoms with Gasteiger partial charge in [-0.15, -0.1) is 10.2 Å². The Labute approximate surface area is 275 Å². The van der Waals surface area contributed by atoms with Crippen molar-refractivity contribution in [2.45, 2.75) is 49.7 Å². The second-order valence-corrected chi connectivity index (χ2v) is 12.2. The first-order valence-corrected chi connectivity index (χ1v) is 15.9. The highest BCUT2D eigenvalue weighted by molar-refractivity contribution is 7.99.